The molecule has 154 valence electrons. The van der Waals surface area contributed by atoms with Crippen molar-refractivity contribution >= 4 is 22.1 Å². The van der Waals surface area contributed by atoms with Crippen LogP contribution in [0.25, 0.3) is 50.3 Å². The van der Waals surface area contributed by atoms with Crippen molar-refractivity contribution in [1.29, 1.82) is 0 Å². The van der Waals surface area contributed by atoms with Crippen LogP contribution in [-0.2, 0) is 7.05 Å². The van der Waals surface area contributed by atoms with Crippen LogP contribution in [-0.4, -0.2) is 9.55 Å². The predicted octanol–water partition coefficient (Wildman–Crippen LogP) is 6.24. The largest absolute Gasteiger partial charge is 0.443 e. The van der Waals surface area contributed by atoms with E-state index in [0.717, 1.165) is 39.3 Å². The van der Waals surface area contributed by atoms with Gasteiger partial charge >= 0.3 is 0 Å². The van der Waals surface area contributed by atoms with Crippen molar-refractivity contribution in [3.63, 3.8) is 0 Å². The molecule has 0 spiro atoms. The number of benzene rings is 4. The molecule has 0 N–H and O–H groups in total. The molecule has 0 aliphatic heterocycles. The summed E-state index contributed by atoms with van der Waals surface area (Å²) in [6.07, 6.45) is 1.51. The van der Waals surface area contributed by atoms with Gasteiger partial charge in [0.2, 0.25) is 0 Å². The van der Waals surface area contributed by atoms with Crippen LogP contribution in [0.5, 0.6) is 0 Å². The number of hydrogen-bond donors (Lipinski definition) is 0. The Morgan fingerprint density at radius 1 is 0.812 bits per heavy atom. The highest BCUT2D eigenvalue weighted by Crippen LogP contribution is 2.32. The van der Waals surface area contributed by atoms with Gasteiger partial charge in [-0.1, -0.05) is 54.6 Å². The third-order valence-electron chi connectivity index (χ3n) is 6.16. The average molecular weight is 417 g/mol. The van der Waals surface area contributed by atoms with Gasteiger partial charge in [0.25, 0.3) is 5.82 Å². The zero-order valence-corrected chi connectivity index (χ0v) is 18.0. The zero-order valence-electron chi connectivity index (χ0n) is 18.0. The molecule has 4 aromatic carbocycles. The highest BCUT2D eigenvalue weighted by Gasteiger charge is 2.27. The highest BCUT2D eigenvalue weighted by atomic mass is 16.3. The highest BCUT2D eigenvalue weighted by molar-refractivity contribution is 5.84. The van der Waals surface area contributed by atoms with Gasteiger partial charge in [0, 0.05) is 0 Å². The molecule has 6 aromatic rings. The normalized spacial score (nSPS) is 11.4. The fourth-order valence-electron chi connectivity index (χ4n) is 4.56. The maximum Gasteiger partial charge on any atom is 0.295 e. The van der Waals surface area contributed by atoms with Crippen molar-refractivity contribution in [2.45, 2.75) is 6.92 Å². The molecular formula is C28H22N3O+. The lowest BCUT2D eigenvalue weighted by atomic mass is 10.0. The van der Waals surface area contributed by atoms with Gasteiger partial charge in [0.15, 0.2) is 23.0 Å². The lowest BCUT2D eigenvalue weighted by Gasteiger charge is -2.08. The van der Waals surface area contributed by atoms with Crippen molar-refractivity contribution in [2.75, 3.05) is 0 Å². The standard InChI is InChI=1S/C28H22N3O/c1-19-16-27-24(29-18-32-27)17-23(19)28-30(2)25-10-6-7-11-26(25)31(28)22-14-12-21(13-15-22)20-8-4-3-5-9-20/h3-18H,1-2H3/q+1. The maximum atomic E-state index is 5.52. The maximum absolute atomic E-state index is 5.52. The van der Waals surface area contributed by atoms with Crippen LogP contribution in [0.2, 0.25) is 0 Å². The molecule has 6 rings (SSSR count). The summed E-state index contributed by atoms with van der Waals surface area (Å²) in [4.78, 5) is 4.39. The van der Waals surface area contributed by atoms with Crippen LogP contribution < -0.4 is 4.57 Å². The minimum atomic E-state index is 0.809. The Hall–Kier alpha value is -4.18. The average Bonchev–Trinajstić information content (AvgIpc) is 3.41. The zero-order chi connectivity index (χ0) is 21.7. The molecule has 0 unspecified atom stereocenters. The first-order valence-corrected chi connectivity index (χ1v) is 10.7. The Labute approximate surface area is 186 Å². The van der Waals surface area contributed by atoms with E-state index in [1.807, 2.05) is 6.07 Å². The molecule has 4 nitrogen and oxygen atoms in total. The van der Waals surface area contributed by atoms with Crippen LogP contribution in [0.15, 0.2) is 102 Å². The number of nitrogens with zero attached hydrogens (tertiary/aromatic N) is 3. The fraction of sp³-hybridized carbons (Fsp3) is 0.0714. The smallest absolute Gasteiger partial charge is 0.295 e. The van der Waals surface area contributed by atoms with E-state index in [2.05, 4.69) is 113 Å². The molecular weight excluding hydrogens is 394 g/mol. The first-order chi connectivity index (χ1) is 15.7. The van der Waals surface area contributed by atoms with E-state index in [1.165, 1.54) is 23.0 Å². The van der Waals surface area contributed by atoms with Crippen LogP contribution in [0.3, 0.4) is 0 Å². The Kier molecular flexibility index (Phi) is 4.18. The molecule has 0 saturated heterocycles. The number of fused-ring (bicyclic) bond motifs is 2. The second-order valence-corrected chi connectivity index (χ2v) is 8.11. The molecule has 2 aromatic heterocycles. The summed E-state index contributed by atoms with van der Waals surface area (Å²) >= 11 is 0. The Morgan fingerprint density at radius 3 is 2.34 bits per heavy atom. The number of imidazole rings is 1. The van der Waals surface area contributed by atoms with E-state index in [1.54, 1.807) is 0 Å². The van der Waals surface area contributed by atoms with Gasteiger partial charge in [0.1, 0.15) is 11.2 Å². The second kappa shape index (κ2) is 7.20. The van der Waals surface area contributed by atoms with Crippen molar-refractivity contribution in [3.8, 4) is 28.2 Å². The molecule has 0 amide bonds. The summed E-state index contributed by atoms with van der Waals surface area (Å²) < 4.78 is 10.1. The third-order valence-corrected chi connectivity index (χ3v) is 6.16. The lowest BCUT2D eigenvalue weighted by molar-refractivity contribution is -0.633. The molecule has 2 heterocycles. The monoisotopic (exact) mass is 416 g/mol. The first-order valence-electron chi connectivity index (χ1n) is 10.7. The Bertz CT molecular complexity index is 1570. The number of hydrogen-bond acceptors (Lipinski definition) is 2. The summed E-state index contributed by atoms with van der Waals surface area (Å²) in [7, 11) is 2.12. The van der Waals surface area contributed by atoms with Crippen molar-refractivity contribution in [2.24, 2.45) is 7.05 Å². The predicted molar refractivity (Wildman–Crippen MR) is 128 cm³/mol. The van der Waals surface area contributed by atoms with Gasteiger partial charge in [-0.2, -0.15) is 4.57 Å². The van der Waals surface area contributed by atoms with E-state index in [9.17, 15) is 0 Å². The van der Waals surface area contributed by atoms with Gasteiger partial charge in [-0.25, -0.2) is 9.55 Å². The number of oxazole rings is 1. The topological polar surface area (TPSA) is 34.8 Å². The molecule has 0 atom stereocenters. The van der Waals surface area contributed by atoms with Gasteiger partial charge in [-0.3, -0.25) is 0 Å². The summed E-state index contributed by atoms with van der Waals surface area (Å²) in [5, 5.41) is 0. The molecule has 0 radical (unpaired) electrons. The SMILES string of the molecule is Cc1cc2ocnc2cc1-c1n(-c2ccc(-c3ccccc3)cc2)c2ccccc2[n+]1C. The van der Waals surface area contributed by atoms with E-state index in [0.29, 0.717) is 0 Å². The lowest BCUT2D eigenvalue weighted by Crippen LogP contribution is -2.30. The molecule has 0 aliphatic carbocycles. The quantitative estimate of drug-likeness (QED) is 0.320. The van der Waals surface area contributed by atoms with Crippen molar-refractivity contribution in [1.82, 2.24) is 9.55 Å². The van der Waals surface area contributed by atoms with Crippen LogP contribution in [0.1, 0.15) is 5.56 Å². The molecule has 0 saturated carbocycles. The number of aryl methyl sites for hydroxylation is 2. The van der Waals surface area contributed by atoms with E-state index >= 15 is 0 Å². The number of aromatic nitrogens is 3. The minimum absolute atomic E-state index is 0.809. The number of para-hydroxylation sites is 2. The molecule has 32 heavy (non-hydrogen) atoms. The van der Waals surface area contributed by atoms with Crippen LogP contribution in [0, 0.1) is 6.92 Å². The van der Waals surface area contributed by atoms with Gasteiger partial charge in [0.05, 0.1) is 12.6 Å². The summed E-state index contributed by atoms with van der Waals surface area (Å²) in [6.45, 7) is 2.12. The Morgan fingerprint density at radius 2 is 1.53 bits per heavy atom. The first kappa shape index (κ1) is 18.6. The summed E-state index contributed by atoms with van der Waals surface area (Å²) in [5.41, 5.74) is 9.84. The van der Waals surface area contributed by atoms with Crippen LogP contribution >= 0.6 is 0 Å². The summed E-state index contributed by atoms with van der Waals surface area (Å²) in [6, 6.07) is 32.0. The van der Waals surface area contributed by atoms with Crippen molar-refractivity contribution < 1.29 is 8.98 Å². The van der Waals surface area contributed by atoms with E-state index in [4.69, 9.17) is 4.42 Å². The van der Waals surface area contributed by atoms with E-state index < -0.39 is 0 Å². The number of rotatable bonds is 3. The summed E-state index contributed by atoms with van der Waals surface area (Å²) in [5.74, 6) is 1.11. The fourth-order valence-corrected chi connectivity index (χ4v) is 4.56. The molecule has 4 heteroatoms. The molecule has 0 bridgehead atoms. The Balaban J connectivity index is 1.60. The van der Waals surface area contributed by atoms with Gasteiger partial charge in [-0.15, -0.1) is 0 Å². The second-order valence-electron chi connectivity index (χ2n) is 8.11. The van der Waals surface area contributed by atoms with Crippen LogP contribution in [0.4, 0.5) is 0 Å². The third kappa shape index (κ3) is 2.84. The van der Waals surface area contributed by atoms with Gasteiger partial charge in [-0.05, 0) is 60.0 Å². The molecule has 0 fully saturated rings. The van der Waals surface area contributed by atoms with Crippen molar-refractivity contribution in [3.05, 3.63) is 103 Å². The van der Waals surface area contributed by atoms with E-state index in [-0.39, 0.29) is 0 Å². The minimum Gasteiger partial charge on any atom is -0.443 e. The molecule has 0 aliphatic rings. The van der Waals surface area contributed by atoms with Gasteiger partial charge < -0.3 is 4.42 Å².